The first kappa shape index (κ1) is 23.0. The van der Waals surface area contributed by atoms with Gasteiger partial charge in [0.1, 0.15) is 23.7 Å². The van der Waals surface area contributed by atoms with Gasteiger partial charge in [-0.1, -0.05) is 39.7 Å². The Balaban J connectivity index is 2.27. The number of carbonyl (C=O) groups is 2. The Hall–Kier alpha value is -2.28. The van der Waals surface area contributed by atoms with E-state index in [0.717, 1.165) is 16.5 Å². The van der Waals surface area contributed by atoms with Crippen LogP contribution in [0, 0.1) is 12.8 Å². The molecule has 6 nitrogen and oxygen atoms in total. The van der Waals surface area contributed by atoms with Gasteiger partial charge < -0.3 is 19.3 Å². The Bertz CT molecular complexity index is 840. The summed E-state index contributed by atoms with van der Waals surface area (Å²) in [5.74, 6) is -0.603. The number of cyclic esters (lactones) is 1. The van der Waals surface area contributed by atoms with E-state index in [0.29, 0.717) is 36.1 Å². The standard InChI is InChI=1S/C22H27BrO6/c1-13(11-15(21(25)28-4)7-5-6-10-23)8-9-16-19(24)18-17(12-29-22(18)26)14(2)20(16)27-3/h5-6,8,15,24H,7,9-12H2,1-4H3/b6-5+,13-8+. The first-order valence-electron chi connectivity index (χ1n) is 9.38. The third-order valence-electron chi connectivity index (χ3n) is 5.08. The van der Waals surface area contributed by atoms with Crippen LogP contribution in [0.25, 0.3) is 0 Å². The third kappa shape index (κ3) is 5.21. The van der Waals surface area contributed by atoms with Crippen molar-refractivity contribution in [3.05, 3.63) is 46.1 Å². The number of halogens is 1. The molecule has 1 atom stereocenters. The van der Waals surface area contributed by atoms with Gasteiger partial charge in [0.15, 0.2) is 0 Å². The highest BCUT2D eigenvalue weighted by atomic mass is 79.9. The fourth-order valence-corrected chi connectivity index (χ4v) is 3.79. The van der Waals surface area contributed by atoms with Crippen LogP contribution in [0.4, 0.5) is 0 Å². The fourth-order valence-electron chi connectivity index (χ4n) is 3.53. The van der Waals surface area contributed by atoms with Gasteiger partial charge >= 0.3 is 11.9 Å². The molecular formula is C22H27BrO6. The van der Waals surface area contributed by atoms with Crippen molar-refractivity contribution in [3.63, 3.8) is 0 Å². The Morgan fingerprint density at radius 1 is 1.34 bits per heavy atom. The molecule has 1 aromatic carbocycles. The zero-order valence-electron chi connectivity index (χ0n) is 17.2. The van der Waals surface area contributed by atoms with Crippen LogP contribution in [0.15, 0.2) is 23.8 Å². The van der Waals surface area contributed by atoms with E-state index in [-0.39, 0.29) is 29.8 Å². The van der Waals surface area contributed by atoms with E-state index in [1.165, 1.54) is 14.2 Å². The van der Waals surface area contributed by atoms with Crippen LogP contribution >= 0.6 is 15.9 Å². The van der Waals surface area contributed by atoms with E-state index in [1.54, 1.807) is 0 Å². The fraction of sp³-hybridized carbons (Fsp3) is 0.455. The molecule has 0 saturated heterocycles. The highest BCUT2D eigenvalue weighted by molar-refractivity contribution is 9.09. The molecular weight excluding hydrogens is 440 g/mol. The lowest BCUT2D eigenvalue weighted by molar-refractivity contribution is -0.145. The number of aromatic hydroxyl groups is 1. The van der Waals surface area contributed by atoms with Gasteiger partial charge in [0.25, 0.3) is 0 Å². The van der Waals surface area contributed by atoms with Gasteiger partial charge in [-0.3, -0.25) is 4.79 Å². The summed E-state index contributed by atoms with van der Waals surface area (Å²) in [6.07, 6.45) is 7.33. The lowest BCUT2D eigenvalue weighted by atomic mass is 9.93. The molecule has 1 unspecified atom stereocenters. The van der Waals surface area contributed by atoms with Crippen molar-refractivity contribution in [1.29, 1.82) is 0 Å². The van der Waals surface area contributed by atoms with E-state index in [4.69, 9.17) is 14.2 Å². The maximum absolute atomic E-state index is 12.1. The predicted octanol–water partition coefficient (Wildman–Crippen LogP) is 4.39. The molecule has 1 heterocycles. The Kier molecular flexibility index (Phi) is 8.32. The Morgan fingerprint density at radius 2 is 2.07 bits per heavy atom. The maximum atomic E-state index is 12.1. The minimum atomic E-state index is -0.519. The molecule has 0 spiro atoms. The second kappa shape index (κ2) is 10.5. The number of carbonyl (C=O) groups excluding carboxylic acids is 2. The smallest absolute Gasteiger partial charge is 0.342 e. The molecule has 0 amide bonds. The maximum Gasteiger partial charge on any atom is 0.342 e. The number of hydrogen-bond acceptors (Lipinski definition) is 6. The second-order valence-corrected chi connectivity index (χ2v) is 7.60. The van der Waals surface area contributed by atoms with E-state index in [1.807, 2.05) is 32.1 Å². The monoisotopic (exact) mass is 466 g/mol. The van der Waals surface area contributed by atoms with Crippen LogP contribution in [0.1, 0.15) is 46.8 Å². The van der Waals surface area contributed by atoms with Gasteiger partial charge in [0, 0.05) is 16.5 Å². The van der Waals surface area contributed by atoms with E-state index in [2.05, 4.69) is 15.9 Å². The van der Waals surface area contributed by atoms with Crippen molar-refractivity contribution >= 4 is 27.9 Å². The van der Waals surface area contributed by atoms with E-state index < -0.39 is 5.97 Å². The van der Waals surface area contributed by atoms with Crippen molar-refractivity contribution in [2.75, 3.05) is 19.5 Å². The third-order valence-corrected chi connectivity index (χ3v) is 5.46. The highest BCUT2D eigenvalue weighted by Gasteiger charge is 2.31. The molecule has 7 heteroatoms. The number of methoxy groups -OCH3 is 2. The lowest BCUT2D eigenvalue weighted by Crippen LogP contribution is -2.16. The van der Waals surface area contributed by atoms with E-state index in [9.17, 15) is 14.7 Å². The average molecular weight is 467 g/mol. The van der Waals surface area contributed by atoms with Crippen molar-refractivity contribution < 1.29 is 28.9 Å². The first-order valence-corrected chi connectivity index (χ1v) is 10.5. The van der Waals surface area contributed by atoms with Crippen LogP contribution in [-0.4, -0.2) is 36.6 Å². The van der Waals surface area contributed by atoms with Crippen LogP contribution in [0.3, 0.4) is 0 Å². The SMILES string of the molecule is COC(=O)C(C/C=C/CBr)C/C(C)=C/Cc1c(O)c2c(c(C)c1OC)COC2=O. The number of hydrogen-bond donors (Lipinski definition) is 1. The largest absolute Gasteiger partial charge is 0.507 e. The van der Waals surface area contributed by atoms with Crippen LogP contribution in [-0.2, 0) is 27.3 Å². The zero-order valence-corrected chi connectivity index (χ0v) is 18.8. The molecule has 2 rings (SSSR count). The Labute approximate surface area is 179 Å². The van der Waals surface area contributed by atoms with Crippen molar-refractivity contribution in [2.45, 2.75) is 39.7 Å². The zero-order chi connectivity index (χ0) is 21.6. The second-order valence-electron chi connectivity index (χ2n) is 6.96. The topological polar surface area (TPSA) is 82.1 Å². The normalized spacial score (nSPS) is 14.7. The summed E-state index contributed by atoms with van der Waals surface area (Å²) < 4.78 is 15.5. The number of phenolic OH excluding ortho intramolecular Hbond substituents is 1. The molecule has 29 heavy (non-hydrogen) atoms. The number of allylic oxidation sites excluding steroid dienone is 4. The molecule has 0 saturated carbocycles. The summed E-state index contributed by atoms with van der Waals surface area (Å²) in [6.45, 7) is 3.92. The van der Waals surface area contributed by atoms with Crippen molar-refractivity contribution in [1.82, 2.24) is 0 Å². The average Bonchev–Trinajstić information content (AvgIpc) is 3.10. The summed E-state index contributed by atoms with van der Waals surface area (Å²) in [6, 6.07) is 0. The number of ether oxygens (including phenoxy) is 3. The number of phenols is 1. The summed E-state index contributed by atoms with van der Waals surface area (Å²) in [5, 5.41) is 11.4. The number of esters is 2. The number of alkyl halides is 1. The predicted molar refractivity (Wildman–Crippen MR) is 114 cm³/mol. The van der Waals surface area contributed by atoms with Crippen molar-refractivity contribution in [3.8, 4) is 11.5 Å². The summed E-state index contributed by atoms with van der Waals surface area (Å²) in [5.41, 5.74) is 3.19. The molecule has 1 aliphatic rings. The number of benzene rings is 1. The quantitative estimate of drug-likeness (QED) is 0.330. The molecule has 1 aromatic rings. The van der Waals surface area contributed by atoms with Crippen LogP contribution in [0.2, 0.25) is 0 Å². The lowest BCUT2D eigenvalue weighted by Gasteiger charge is -2.16. The number of rotatable bonds is 9. The summed E-state index contributed by atoms with van der Waals surface area (Å²) in [7, 11) is 2.92. The minimum absolute atomic E-state index is 0.0984. The van der Waals surface area contributed by atoms with E-state index >= 15 is 0 Å². The number of fused-ring (bicyclic) bond motifs is 1. The summed E-state index contributed by atoms with van der Waals surface area (Å²) >= 11 is 3.32. The Morgan fingerprint density at radius 3 is 2.69 bits per heavy atom. The molecule has 0 fully saturated rings. The highest BCUT2D eigenvalue weighted by Crippen LogP contribution is 2.42. The van der Waals surface area contributed by atoms with Gasteiger partial charge in [-0.05, 0) is 38.7 Å². The molecule has 1 aliphatic heterocycles. The van der Waals surface area contributed by atoms with Crippen molar-refractivity contribution in [2.24, 2.45) is 5.92 Å². The van der Waals surface area contributed by atoms with Gasteiger partial charge in [0.2, 0.25) is 0 Å². The summed E-state index contributed by atoms with van der Waals surface area (Å²) in [4.78, 5) is 24.1. The van der Waals surface area contributed by atoms with Crippen LogP contribution < -0.4 is 4.74 Å². The molecule has 0 radical (unpaired) electrons. The minimum Gasteiger partial charge on any atom is -0.507 e. The van der Waals surface area contributed by atoms with Gasteiger partial charge in [-0.25, -0.2) is 4.79 Å². The first-order chi connectivity index (χ1) is 13.8. The molecule has 0 aliphatic carbocycles. The van der Waals surface area contributed by atoms with Gasteiger partial charge in [0.05, 0.1) is 20.1 Å². The molecule has 158 valence electrons. The van der Waals surface area contributed by atoms with Gasteiger partial charge in [-0.2, -0.15) is 0 Å². The van der Waals surface area contributed by atoms with Crippen LogP contribution in [0.5, 0.6) is 11.5 Å². The molecule has 0 bridgehead atoms. The van der Waals surface area contributed by atoms with Gasteiger partial charge in [-0.15, -0.1) is 0 Å². The molecule has 1 N–H and O–H groups in total. The molecule has 0 aromatic heterocycles.